The number of hydrogen-bond acceptors (Lipinski definition) is 1. The normalized spacial score (nSPS) is 11.8. The van der Waals surface area contributed by atoms with Gasteiger partial charge in [0, 0.05) is 11.0 Å². The third-order valence-electron chi connectivity index (χ3n) is 2.57. The Kier molecular flexibility index (Phi) is 3.08. The predicted molar refractivity (Wildman–Crippen MR) is 70.4 cm³/mol. The summed E-state index contributed by atoms with van der Waals surface area (Å²) < 4.78 is 13.8. The van der Waals surface area contributed by atoms with Crippen molar-refractivity contribution in [2.45, 2.75) is 26.2 Å². The molecular formula is C13H14BrFN2. The highest BCUT2D eigenvalue weighted by Crippen LogP contribution is 2.34. The van der Waals surface area contributed by atoms with Crippen molar-refractivity contribution < 1.29 is 4.39 Å². The molecule has 1 aromatic carbocycles. The van der Waals surface area contributed by atoms with Crippen LogP contribution in [0.15, 0.2) is 28.7 Å². The van der Waals surface area contributed by atoms with Crippen LogP contribution in [0.3, 0.4) is 0 Å². The predicted octanol–water partition coefficient (Wildman–Crippen LogP) is 4.28. The minimum atomic E-state index is -0.239. The van der Waals surface area contributed by atoms with E-state index < -0.39 is 0 Å². The molecule has 0 unspecified atom stereocenters. The molecule has 0 saturated heterocycles. The number of halogens is 2. The summed E-state index contributed by atoms with van der Waals surface area (Å²) in [4.78, 5) is 0. The summed E-state index contributed by atoms with van der Waals surface area (Å²) in [7, 11) is 0. The lowest BCUT2D eigenvalue weighted by atomic mass is 9.92. The van der Waals surface area contributed by atoms with Crippen molar-refractivity contribution in [2.75, 3.05) is 0 Å². The van der Waals surface area contributed by atoms with Crippen molar-refractivity contribution >= 4 is 15.9 Å². The van der Waals surface area contributed by atoms with Crippen LogP contribution in [0.5, 0.6) is 0 Å². The fraction of sp³-hybridized carbons (Fsp3) is 0.308. The van der Waals surface area contributed by atoms with Crippen molar-refractivity contribution in [3.05, 3.63) is 40.2 Å². The van der Waals surface area contributed by atoms with Gasteiger partial charge in [0.25, 0.3) is 0 Å². The first-order valence-electron chi connectivity index (χ1n) is 5.40. The highest BCUT2D eigenvalue weighted by atomic mass is 79.9. The average Bonchev–Trinajstić information content (AvgIpc) is 2.61. The van der Waals surface area contributed by atoms with E-state index in [-0.39, 0.29) is 11.2 Å². The lowest BCUT2D eigenvalue weighted by molar-refractivity contribution is 0.564. The molecule has 90 valence electrons. The maximum absolute atomic E-state index is 12.9. The number of rotatable bonds is 1. The van der Waals surface area contributed by atoms with E-state index >= 15 is 0 Å². The first-order valence-corrected chi connectivity index (χ1v) is 6.19. The lowest BCUT2D eigenvalue weighted by Crippen LogP contribution is -2.12. The van der Waals surface area contributed by atoms with Gasteiger partial charge in [-0.3, -0.25) is 5.10 Å². The fourth-order valence-corrected chi connectivity index (χ4v) is 2.63. The van der Waals surface area contributed by atoms with E-state index in [1.54, 1.807) is 12.1 Å². The second-order valence-corrected chi connectivity index (χ2v) is 5.81. The van der Waals surface area contributed by atoms with Gasteiger partial charge < -0.3 is 0 Å². The number of benzene rings is 1. The van der Waals surface area contributed by atoms with E-state index in [2.05, 4.69) is 46.9 Å². The number of hydrogen-bond donors (Lipinski definition) is 1. The third-order valence-corrected chi connectivity index (χ3v) is 3.35. The number of H-pyrrole nitrogens is 1. The Morgan fingerprint density at radius 1 is 1.18 bits per heavy atom. The second-order valence-electron chi connectivity index (χ2n) is 5.02. The molecule has 1 heterocycles. The van der Waals surface area contributed by atoms with Crippen LogP contribution < -0.4 is 0 Å². The largest absolute Gasteiger partial charge is 0.280 e. The molecule has 0 amide bonds. The minimum absolute atomic E-state index is 0.00981. The van der Waals surface area contributed by atoms with Gasteiger partial charge in [-0.05, 0) is 40.2 Å². The Balaban J connectivity index is 2.48. The number of nitrogens with one attached hydrogen (secondary N) is 1. The van der Waals surface area contributed by atoms with Gasteiger partial charge in [-0.25, -0.2) is 4.39 Å². The van der Waals surface area contributed by atoms with Crippen LogP contribution in [0.2, 0.25) is 0 Å². The Morgan fingerprint density at radius 2 is 1.76 bits per heavy atom. The van der Waals surface area contributed by atoms with Crippen molar-refractivity contribution in [3.8, 4) is 11.3 Å². The van der Waals surface area contributed by atoms with Gasteiger partial charge in [-0.15, -0.1) is 0 Å². The van der Waals surface area contributed by atoms with Crippen LogP contribution in [0.1, 0.15) is 26.5 Å². The zero-order valence-electron chi connectivity index (χ0n) is 10.0. The van der Waals surface area contributed by atoms with Crippen LogP contribution in [0, 0.1) is 5.82 Å². The number of aromatic amines is 1. The molecule has 0 aliphatic rings. The maximum atomic E-state index is 12.9. The summed E-state index contributed by atoms with van der Waals surface area (Å²) >= 11 is 3.55. The highest BCUT2D eigenvalue weighted by Gasteiger charge is 2.22. The highest BCUT2D eigenvalue weighted by molar-refractivity contribution is 9.10. The van der Waals surface area contributed by atoms with Gasteiger partial charge in [0.05, 0.1) is 10.2 Å². The van der Waals surface area contributed by atoms with E-state index in [1.807, 2.05) is 0 Å². The van der Waals surface area contributed by atoms with E-state index in [1.165, 1.54) is 12.1 Å². The number of aromatic nitrogens is 2. The molecule has 2 rings (SSSR count). The summed E-state index contributed by atoms with van der Waals surface area (Å²) in [6.07, 6.45) is 0. The summed E-state index contributed by atoms with van der Waals surface area (Å²) in [5.74, 6) is -0.239. The summed E-state index contributed by atoms with van der Waals surface area (Å²) in [6, 6.07) is 6.33. The van der Waals surface area contributed by atoms with Gasteiger partial charge in [0.15, 0.2) is 0 Å². The molecule has 2 nitrogen and oxygen atoms in total. The molecule has 0 saturated carbocycles. The Hall–Kier alpha value is -1.16. The van der Waals surface area contributed by atoms with Crippen molar-refractivity contribution in [1.82, 2.24) is 10.2 Å². The topological polar surface area (TPSA) is 28.7 Å². The Morgan fingerprint density at radius 3 is 2.24 bits per heavy atom. The van der Waals surface area contributed by atoms with Gasteiger partial charge in [-0.1, -0.05) is 20.8 Å². The molecule has 0 spiro atoms. The lowest BCUT2D eigenvalue weighted by Gasteiger charge is -2.16. The number of nitrogens with zero attached hydrogens (tertiary/aromatic N) is 1. The smallest absolute Gasteiger partial charge is 0.123 e. The molecule has 17 heavy (non-hydrogen) atoms. The van der Waals surface area contributed by atoms with E-state index in [0.717, 1.165) is 21.4 Å². The zero-order valence-corrected chi connectivity index (χ0v) is 11.6. The molecule has 0 atom stereocenters. The average molecular weight is 297 g/mol. The Labute approximate surface area is 108 Å². The van der Waals surface area contributed by atoms with Gasteiger partial charge in [0.2, 0.25) is 0 Å². The standard InChI is InChI=1S/C13H14BrFN2/c1-13(2,3)12-10(14)11(16-17-12)8-4-6-9(15)7-5-8/h4-7H,1-3H3,(H,16,17). The molecule has 1 N–H and O–H groups in total. The summed E-state index contributed by atoms with van der Waals surface area (Å²) in [6.45, 7) is 6.33. The van der Waals surface area contributed by atoms with Crippen LogP contribution in [0.4, 0.5) is 4.39 Å². The summed E-state index contributed by atoms with van der Waals surface area (Å²) in [5, 5.41) is 7.32. The maximum Gasteiger partial charge on any atom is 0.123 e. The SMILES string of the molecule is CC(C)(C)c1[nH]nc(-c2ccc(F)cc2)c1Br. The minimum Gasteiger partial charge on any atom is -0.280 e. The van der Waals surface area contributed by atoms with Gasteiger partial charge >= 0.3 is 0 Å². The van der Waals surface area contributed by atoms with Gasteiger partial charge in [-0.2, -0.15) is 5.10 Å². The van der Waals surface area contributed by atoms with E-state index in [9.17, 15) is 4.39 Å². The summed E-state index contributed by atoms with van der Waals surface area (Å²) in [5.41, 5.74) is 2.74. The molecule has 0 aliphatic carbocycles. The first kappa shape index (κ1) is 12.3. The quantitative estimate of drug-likeness (QED) is 0.836. The van der Waals surface area contributed by atoms with Crippen LogP contribution in [-0.2, 0) is 5.41 Å². The molecule has 4 heteroatoms. The second kappa shape index (κ2) is 4.26. The van der Waals surface area contributed by atoms with Gasteiger partial charge in [0.1, 0.15) is 11.5 Å². The van der Waals surface area contributed by atoms with Crippen molar-refractivity contribution in [2.24, 2.45) is 0 Å². The molecule has 0 aliphatic heterocycles. The molecule has 0 radical (unpaired) electrons. The van der Waals surface area contributed by atoms with Crippen LogP contribution in [-0.4, -0.2) is 10.2 Å². The fourth-order valence-electron chi connectivity index (χ4n) is 1.62. The van der Waals surface area contributed by atoms with Crippen molar-refractivity contribution in [3.63, 3.8) is 0 Å². The molecule has 0 bridgehead atoms. The monoisotopic (exact) mass is 296 g/mol. The van der Waals surface area contributed by atoms with Crippen LogP contribution >= 0.6 is 15.9 Å². The molecule has 1 aromatic heterocycles. The van der Waals surface area contributed by atoms with E-state index in [4.69, 9.17) is 0 Å². The molecular weight excluding hydrogens is 283 g/mol. The first-order chi connectivity index (χ1) is 7.89. The third kappa shape index (κ3) is 2.41. The molecule has 2 aromatic rings. The molecule has 0 fully saturated rings. The Bertz CT molecular complexity index is 523. The van der Waals surface area contributed by atoms with Crippen molar-refractivity contribution in [1.29, 1.82) is 0 Å². The van der Waals surface area contributed by atoms with Crippen LogP contribution in [0.25, 0.3) is 11.3 Å². The van der Waals surface area contributed by atoms with E-state index in [0.29, 0.717) is 0 Å². The zero-order chi connectivity index (χ0) is 12.6.